The summed E-state index contributed by atoms with van der Waals surface area (Å²) in [5.41, 5.74) is 16.9. The van der Waals surface area contributed by atoms with Crippen LogP contribution in [0.2, 0.25) is 0 Å². The van der Waals surface area contributed by atoms with Crippen molar-refractivity contribution in [1.82, 2.24) is 18.3 Å². The largest absolute Gasteiger partial charge is 0.455 e. The summed E-state index contributed by atoms with van der Waals surface area (Å²) in [4.78, 5) is 0. The van der Waals surface area contributed by atoms with E-state index in [0.29, 0.717) is 16.9 Å². The normalized spacial score (nSPS) is 12.5. The summed E-state index contributed by atoms with van der Waals surface area (Å²) in [7, 11) is 0. The molecule has 0 radical (unpaired) electrons. The third-order valence-corrected chi connectivity index (χ3v) is 19.0. The van der Waals surface area contributed by atoms with Crippen LogP contribution in [0.15, 0.2) is 266 Å². The van der Waals surface area contributed by atoms with E-state index in [-0.39, 0.29) is 0 Å². The van der Waals surface area contributed by atoms with Gasteiger partial charge in [0.05, 0.1) is 88.4 Å². The summed E-state index contributed by atoms with van der Waals surface area (Å²) in [5, 5.41) is 29.0. The molecule has 0 saturated carbocycles. The molecule has 21 aromatic rings. The fraction of sp³-hybridized carbons (Fsp3) is 0. The quantitative estimate of drug-likeness (QED) is 0.175. The molecule has 8 heterocycles. The van der Waals surface area contributed by atoms with Gasteiger partial charge in [0.15, 0.2) is 0 Å². The van der Waals surface area contributed by atoms with Gasteiger partial charge in [0, 0.05) is 64.6 Å². The van der Waals surface area contributed by atoms with Crippen molar-refractivity contribution in [3.63, 3.8) is 0 Å². The molecule has 9 nitrogen and oxygen atoms in total. The summed E-state index contributed by atoms with van der Waals surface area (Å²) in [6.45, 7) is 0. The molecule has 0 aliphatic heterocycles. The van der Waals surface area contributed by atoms with Gasteiger partial charge in [-0.05, 0) is 103 Å². The zero-order chi connectivity index (χ0) is 57.2. The highest BCUT2D eigenvalue weighted by molar-refractivity contribution is 6.33. The molecule has 21 rings (SSSR count). The first-order chi connectivity index (χ1) is 43.7. The molecule has 9 heteroatoms. The van der Waals surface area contributed by atoms with Crippen molar-refractivity contribution in [2.24, 2.45) is 0 Å². The topological polar surface area (TPSA) is 96.1 Å². The average molecular weight is 1120 g/mol. The molecule has 0 spiro atoms. The number of benzene rings is 13. The molecule has 0 fully saturated rings. The van der Waals surface area contributed by atoms with Gasteiger partial charge in [-0.25, -0.2) is 0 Å². The van der Waals surface area contributed by atoms with Crippen LogP contribution in [0.3, 0.4) is 0 Å². The predicted molar refractivity (Wildman–Crippen MR) is 358 cm³/mol. The number of hydrogen-bond acceptors (Lipinski definition) is 5. The zero-order valence-electron chi connectivity index (χ0n) is 46.5. The number of rotatable bonds is 4. The first-order valence-electron chi connectivity index (χ1n) is 29.6. The van der Waals surface area contributed by atoms with E-state index in [1.165, 1.54) is 0 Å². The van der Waals surface area contributed by atoms with Crippen LogP contribution in [-0.2, 0) is 0 Å². The van der Waals surface area contributed by atoms with E-state index in [4.69, 9.17) is 17.7 Å². The fourth-order valence-electron chi connectivity index (χ4n) is 15.5. The second-order valence-corrected chi connectivity index (χ2v) is 23.2. The molecule has 0 unspecified atom stereocenters. The minimum atomic E-state index is 0.458. The molecule has 13 aromatic carbocycles. The van der Waals surface area contributed by atoms with E-state index in [0.717, 1.165) is 186 Å². The summed E-state index contributed by atoms with van der Waals surface area (Å²) >= 11 is 0. The highest BCUT2D eigenvalue weighted by Gasteiger charge is 2.33. The van der Waals surface area contributed by atoms with Crippen LogP contribution in [0.1, 0.15) is 5.56 Å². The van der Waals surface area contributed by atoms with E-state index in [1.807, 2.05) is 48.5 Å². The van der Waals surface area contributed by atoms with Gasteiger partial charge in [0.2, 0.25) is 0 Å². The maximum Gasteiger partial charge on any atom is 0.145 e. The van der Waals surface area contributed by atoms with Gasteiger partial charge in [-0.3, -0.25) is 0 Å². The number of para-hydroxylation sites is 8. The van der Waals surface area contributed by atoms with E-state index in [2.05, 4.69) is 225 Å². The predicted octanol–water partition coefficient (Wildman–Crippen LogP) is 21.5. The van der Waals surface area contributed by atoms with Crippen LogP contribution in [0, 0.1) is 11.3 Å². The monoisotopic (exact) mass is 1120 g/mol. The van der Waals surface area contributed by atoms with E-state index >= 15 is 0 Å². The Kier molecular flexibility index (Phi) is 8.68. The summed E-state index contributed by atoms with van der Waals surface area (Å²) in [5.74, 6) is 0. The number of hydrogen-bond donors (Lipinski definition) is 0. The summed E-state index contributed by atoms with van der Waals surface area (Å²) in [6, 6.07) is 90.4. The Balaban J connectivity index is 1.04. The molecular formula is C79H41N5O4. The van der Waals surface area contributed by atoms with Crippen LogP contribution in [-0.4, -0.2) is 18.3 Å². The molecular weight excluding hydrogens is 1080 g/mol. The zero-order valence-corrected chi connectivity index (χ0v) is 46.5. The van der Waals surface area contributed by atoms with Gasteiger partial charge in [-0.1, -0.05) is 146 Å². The van der Waals surface area contributed by atoms with Crippen molar-refractivity contribution >= 4 is 175 Å². The van der Waals surface area contributed by atoms with Crippen molar-refractivity contribution in [3.8, 4) is 28.8 Å². The van der Waals surface area contributed by atoms with Crippen molar-refractivity contribution in [2.45, 2.75) is 0 Å². The van der Waals surface area contributed by atoms with Crippen molar-refractivity contribution in [1.29, 1.82) is 5.26 Å². The lowest BCUT2D eigenvalue weighted by atomic mass is 10.0. The Morgan fingerprint density at radius 1 is 0.239 bits per heavy atom. The van der Waals surface area contributed by atoms with Crippen LogP contribution in [0.4, 0.5) is 0 Å². The van der Waals surface area contributed by atoms with Gasteiger partial charge in [-0.2, -0.15) is 5.26 Å². The van der Waals surface area contributed by atoms with E-state index < -0.39 is 0 Å². The second-order valence-electron chi connectivity index (χ2n) is 23.2. The highest BCUT2D eigenvalue weighted by atomic mass is 16.3. The van der Waals surface area contributed by atoms with E-state index in [1.54, 1.807) is 0 Å². The van der Waals surface area contributed by atoms with Crippen LogP contribution < -0.4 is 0 Å². The number of nitriles is 1. The van der Waals surface area contributed by atoms with Crippen LogP contribution >= 0.6 is 0 Å². The minimum absolute atomic E-state index is 0.458. The second kappa shape index (κ2) is 16.5. The molecule has 406 valence electrons. The number of nitrogens with zero attached hydrogens (tertiary/aromatic N) is 5. The third-order valence-electron chi connectivity index (χ3n) is 19.0. The van der Waals surface area contributed by atoms with Crippen molar-refractivity contribution in [3.05, 3.63) is 254 Å². The lowest BCUT2D eigenvalue weighted by molar-refractivity contribution is 0.670. The Bertz CT molecular complexity index is 6020. The van der Waals surface area contributed by atoms with Crippen molar-refractivity contribution < 1.29 is 17.7 Å². The molecule has 0 bridgehead atoms. The lowest BCUT2D eigenvalue weighted by Gasteiger charge is -2.25. The molecule has 8 aromatic heterocycles. The first kappa shape index (κ1) is 46.2. The van der Waals surface area contributed by atoms with Gasteiger partial charge in [0.25, 0.3) is 0 Å². The summed E-state index contributed by atoms with van der Waals surface area (Å²) in [6.07, 6.45) is 0. The Hall–Kier alpha value is -12.3. The SMILES string of the molecule is N#Cc1c(-n2c3ccccc3c3ccccc32)c(-n2c3ccc4c5ccccc5oc4c3c3c4oc5ccccc5c4ccc32)cc(-n2c3ccc4c5ccccc5oc4c3c3c4oc5ccccc5c4ccc32)c1-n1c2ccccc2c2ccccc21. The molecule has 88 heavy (non-hydrogen) atoms. The van der Waals surface area contributed by atoms with Gasteiger partial charge in [0.1, 0.15) is 56.3 Å². The Morgan fingerprint density at radius 2 is 0.489 bits per heavy atom. The summed E-state index contributed by atoms with van der Waals surface area (Å²) < 4.78 is 37.9. The van der Waals surface area contributed by atoms with Crippen molar-refractivity contribution in [2.75, 3.05) is 0 Å². The van der Waals surface area contributed by atoms with Crippen LogP contribution in [0.25, 0.3) is 198 Å². The standard InChI is InChI=1S/C79H41N5O4/c80-42-55-74(83-56-25-9-1-17-43(56)44-18-2-10-26-57(44)83)64(81-60-37-33-51-47-21-5-13-29-66(47)85-76(51)70(60)71-61(81)38-34-52-48-22-6-14-30-67(48)86-77(52)71)41-65(75(55)84-58-27-11-3-19-45(58)46-20-4-12-28-59(46)84)82-62-39-35-53-49-23-7-15-31-68(49)87-78(53)72(62)73-63(82)40-36-54-50-24-8-16-32-69(50)88-79(54)73/h1-41H. The first-order valence-corrected chi connectivity index (χ1v) is 29.6. The maximum atomic E-state index is 13.0. The third kappa shape index (κ3) is 5.70. The van der Waals surface area contributed by atoms with Gasteiger partial charge in [-0.15, -0.1) is 0 Å². The molecule has 0 aliphatic carbocycles. The van der Waals surface area contributed by atoms with Gasteiger partial charge < -0.3 is 35.9 Å². The fourth-order valence-corrected chi connectivity index (χ4v) is 15.5. The molecule has 0 atom stereocenters. The molecule has 0 amide bonds. The number of furan rings is 4. The Labute approximate surface area is 496 Å². The highest BCUT2D eigenvalue weighted by Crippen LogP contribution is 2.52. The van der Waals surface area contributed by atoms with Gasteiger partial charge >= 0.3 is 0 Å². The molecule has 0 N–H and O–H groups in total. The number of aromatic nitrogens is 4. The molecule has 0 saturated heterocycles. The number of fused-ring (bicyclic) bond motifs is 28. The Morgan fingerprint density at radius 3 is 0.761 bits per heavy atom. The van der Waals surface area contributed by atoms with E-state index in [9.17, 15) is 5.26 Å². The average Bonchev–Trinajstić information content (AvgIpc) is 1.56. The van der Waals surface area contributed by atoms with Crippen LogP contribution in [0.5, 0.6) is 0 Å². The molecule has 0 aliphatic rings. The maximum absolute atomic E-state index is 13.0. The minimum Gasteiger partial charge on any atom is -0.455 e. The lowest BCUT2D eigenvalue weighted by Crippen LogP contribution is -2.13. The smallest absolute Gasteiger partial charge is 0.145 e.